The van der Waals surface area contributed by atoms with E-state index in [4.69, 9.17) is 14.6 Å². The van der Waals surface area contributed by atoms with Crippen LogP contribution in [0.5, 0.6) is 5.75 Å². The van der Waals surface area contributed by atoms with Crippen molar-refractivity contribution in [1.82, 2.24) is 15.5 Å². The SMILES string of the molecule is CCOc1cccc(C(=O)NCc2ccc(F)c(-c3cccc(CN4CCNC(C)C4)c3)c2)c1.O=C(O)C(F)(F)F. The van der Waals surface area contributed by atoms with Gasteiger partial charge < -0.3 is 20.5 Å². The fourth-order valence-electron chi connectivity index (χ4n) is 4.33. The van der Waals surface area contributed by atoms with Crippen LogP contribution in [0.15, 0.2) is 66.7 Å². The second kappa shape index (κ2) is 14.6. The highest BCUT2D eigenvalue weighted by Crippen LogP contribution is 2.26. The van der Waals surface area contributed by atoms with Crippen LogP contribution in [0, 0.1) is 5.82 Å². The van der Waals surface area contributed by atoms with Gasteiger partial charge in [-0.15, -0.1) is 0 Å². The third kappa shape index (κ3) is 9.87. The number of carbonyl (C=O) groups excluding carboxylic acids is 1. The van der Waals surface area contributed by atoms with Gasteiger partial charge in [-0.1, -0.05) is 30.3 Å². The van der Waals surface area contributed by atoms with Crippen LogP contribution >= 0.6 is 0 Å². The highest BCUT2D eigenvalue weighted by atomic mass is 19.4. The van der Waals surface area contributed by atoms with Gasteiger partial charge in [0, 0.05) is 49.9 Å². The maximum atomic E-state index is 14.8. The number of carboxylic acid groups (broad SMARTS) is 1. The Morgan fingerprint density at radius 1 is 1.07 bits per heavy atom. The molecule has 0 saturated carbocycles. The molecule has 1 fully saturated rings. The number of hydrogen-bond donors (Lipinski definition) is 3. The summed E-state index contributed by atoms with van der Waals surface area (Å²) in [7, 11) is 0. The van der Waals surface area contributed by atoms with Crippen LogP contribution in [0.2, 0.25) is 0 Å². The largest absolute Gasteiger partial charge is 0.494 e. The van der Waals surface area contributed by atoms with E-state index in [2.05, 4.69) is 34.6 Å². The molecule has 1 amide bonds. The minimum atomic E-state index is -5.08. The molecule has 41 heavy (non-hydrogen) atoms. The maximum absolute atomic E-state index is 14.8. The summed E-state index contributed by atoms with van der Waals surface area (Å²) < 4.78 is 52.0. The second-order valence-corrected chi connectivity index (χ2v) is 9.55. The molecule has 1 aliphatic rings. The summed E-state index contributed by atoms with van der Waals surface area (Å²) in [6.07, 6.45) is -5.08. The monoisotopic (exact) mass is 575 g/mol. The Labute approximate surface area is 236 Å². The van der Waals surface area contributed by atoms with Crippen molar-refractivity contribution in [2.75, 3.05) is 26.2 Å². The van der Waals surface area contributed by atoms with Crippen molar-refractivity contribution in [2.45, 2.75) is 39.2 Å². The van der Waals surface area contributed by atoms with Crippen LogP contribution < -0.4 is 15.4 Å². The first-order valence-corrected chi connectivity index (χ1v) is 13.1. The van der Waals surface area contributed by atoms with Crippen molar-refractivity contribution in [2.24, 2.45) is 0 Å². The van der Waals surface area contributed by atoms with Crippen LogP contribution in [-0.4, -0.2) is 60.3 Å². The van der Waals surface area contributed by atoms with Crippen molar-refractivity contribution in [1.29, 1.82) is 0 Å². The minimum Gasteiger partial charge on any atom is -0.494 e. The van der Waals surface area contributed by atoms with E-state index in [9.17, 15) is 22.4 Å². The number of nitrogens with one attached hydrogen (secondary N) is 2. The third-order valence-corrected chi connectivity index (χ3v) is 6.23. The summed E-state index contributed by atoms with van der Waals surface area (Å²) in [6.45, 7) is 8.78. The molecule has 7 nitrogen and oxygen atoms in total. The zero-order chi connectivity index (χ0) is 30.0. The fourth-order valence-corrected chi connectivity index (χ4v) is 4.33. The molecule has 1 heterocycles. The molecule has 0 aliphatic carbocycles. The number of carboxylic acids is 1. The van der Waals surface area contributed by atoms with Crippen LogP contribution in [0.4, 0.5) is 17.6 Å². The zero-order valence-electron chi connectivity index (χ0n) is 22.8. The molecule has 1 aliphatic heterocycles. The fraction of sp³-hybridized carbons (Fsp3) is 0.333. The summed E-state index contributed by atoms with van der Waals surface area (Å²) in [5.74, 6) is -2.56. The second-order valence-electron chi connectivity index (χ2n) is 9.55. The van der Waals surface area contributed by atoms with Gasteiger partial charge in [0.2, 0.25) is 0 Å². The Balaban J connectivity index is 0.000000587. The highest BCUT2D eigenvalue weighted by Gasteiger charge is 2.38. The molecular formula is C30H33F4N3O4. The van der Waals surface area contributed by atoms with Crippen molar-refractivity contribution < 1.29 is 37.0 Å². The Kier molecular flexibility index (Phi) is 11.2. The van der Waals surface area contributed by atoms with Gasteiger partial charge in [-0.2, -0.15) is 13.2 Å². The van der Waals surface area contributed by atoms with E-state index in [0.717, 1.165) is 37.3 Å². The van der Waals surface area contributed by atoms with Gasteiger partial charge in [0.15, 0.2) is 0 Å². The van der Waals surface area contributed by atoms with E-state index in [1.165, 1.54) is 11.6 Å². The number of hydrogen-bond acceptors (Lipinski definition) is 5. The molecule has 0 aromatic heterocycles. The summed E-state index contributed by atoms with van der Waals surface area (Å²) in [4.78, 5) is 23.9. The van der Waals surface area contributed by atoms with Crippen molar-refractivity contribution >= 4 is 11.9 Å². The topological polar surface area (TPSA) is 90.9 Å². The first-order valence-electron chi connectivity index (χ1n) is 13.1. The van der Waals surface area contributed by atoms with E-state index in [0.29, 0.717) is 36.1 Å². The Hall–Kier alpha value is -3.96. The van der Waals surface area contributed by atoms with E-state index in [1.807, 2.05) is 31.2 Å². The maximum Gasteiger partial charge on any atom is 0.490 e. The molecule has 1 atom stereocenters. The quantitative estimate of drug-likeness (QED) is 0.318. The number of carbonyl (C=O) groups is 2. The number of benzene rings is 3. The van der Waals surface area contributed by atoms with Crippen molar-refractivity contribution in [3.63, 3.8) is 0 Å². The first-order chi connectivity index (χ1) is 19.5. The number of rotatable bonds is 8. The Morgan fingerprint density at radius 2 is 1.80 bits per heavy atom. The van der Waals surface area contributed by atoms with Gasteiger partial charge in [0.1, 0.15) is 11.6 Å². The van der Waals surface area contributed by atoms with Crippen LogP contribution in [-0.2, 0) is 17.9 Å². The number of alkyl halides is 3. The minimum absolute atomic E-state index is 0.195. The summed E-state index contributed by atoms with van der Waals surface area (Å²) in [5.41, 5.74) is 3.92. The third-order valence-electron chi connectivity index (χ3n) is 6.23. The van der Waals surface area contributed by atoms with Gasteiger partial charge in [-0.25, -0.2) is 9.18 Å². The molecule has 1 saturated heterocycles. The lowest BCUT2D eigenvalue weighted by Gasteiger charge is -2.31. The number of ether oxygens (including phenoxy) is 1. The average Bonchev–Trinajstić information content (AvgIpc) is 2.93. The van der Waals surface area contributed by atoms with Gasteiger partial charge in [0.05, 0.1) is 6.61 Å². The van der Waals surface area contributed by atoms with E-state index in [1.54, 1.807) is 24.3 Å². The standard InChI is InChI=1S/C28H32FN3O2.C2HF3O2/c1-3-34-25-9-5-8-24(16-25)28(33)31-17-21-10-11-27(29)26(15-21)23-7-4-6-22(14-23)19-32-13-12-30-20(2)18-32;3-2(4,5)1(6)7/h4-11,14-16,20,30H,3,12-13,17-19H2,1-2H3,(H,31,33);(H,6,7). The number of nitrogens with zero attached hydrogens (tertiary/aromatic N) is 1. The number of halogens is 4. The van der Waals surface area contributed by atoms with E-state index >= 15 is 0 Å². The lowest BCUT2D eigenvalue weighted by atomic mass is 10.00. The predicted molar refractivity (Wildman–Crippen MR) is 147 cm³/mol. The predicted octanol–water partition coefficient (Wildman–Crippen LogP) is 5.25. The molecule has 220 valence electrons. The van der Waals surface area contributed by atoms with E-state index in [-0.39, 0.29) is 11.7 Å². The Bertz CT molecular complexity index is 1330. The molecule has 4 rings (SSSR count). The molecule has 1 unspecified atom stereocenters. The van der Waals surface area contributed by atoms with Crippen molar-refractivity contribution in [3.8, 4) is 16.9 Å². The molecule has 0 radical (unpaired) electrons. The molecule has 0 spiro atoms. The summed E-state index contributed by atoms with van der Waals surface area (Å²) >= 11 is 0. The van der Waals surface area contributed by atoms with Gasteiger partial charge in [-0.3, -0.25) is 9.69 Å². The summed E-state index contributed by atoms with van der Waals surface area (Å²) in [5, 5.41) is 13.5. The van der Waals surface area contributed by atoms with Gasteiger partial charge in [0.25, 0.3) is 5.91 Å². The summed E-state index contributed by atoms with van der Waals surface area (Å²) in [6, 6.07) is 20.6. The Morgan fingerprint density at radius 3 is 2.49 bits per heavy atom. The van der Waals surface area contributed by atoms with Crippen molar-refractivity contribution in [3.05, 3.63) is 89.2 Å². The zero-order valence-corrected chi connectivity index (χ0v) is 22.8. The van der Waals surface area contributed by atoms with Gasteiger partial charge >= 0.3 is 12.1 Å². The number of aliphatic carboxylic acids is 1. The molecule has 3 aromatic carbocycles. The average molecular weight is 576 g/mol. The molecule has 3 N–H and O–H groups in total. The van der Waals surface area contributed by atoms with Crippen LogP contribution in [0.3, 0.4) is 0 Å². The molecule has 3 aromatic rings. The van der Waals surface area contributed by atoms with E-state index < -0.39 is 12.1 Å². The molecule has 0 bridgehead atoms. The lowest BCUT2D eigenvalue weighted by Crippen LogP contribution is -2.48. The highest BCUT2D eigenvalue weighted by molar-refractivity contribution is 5.94. The number of amides is 1. The smallest absolute Gasteiger partial charge is 0.490 e. The van der Waals surface area contributed by atoms with Crippen LogP contribution in [0.25, 0.3) is 11.1 Å². The first kappa shape index (κ1) is 31.6. The van der Waals surface area contributed by atoms with Gasteiger partial charge in [-0.05, 0) is 66.9 Å². The lowest BCUT2D eigenvalue weighted by molar-refractivity contribution is -0.192. The number of piperazine rings is 1. The molecular weight excluding hydrogens is 542 g/mol. The normalized spacial score (nSPS) is 15.4. The molecule has 11 heteroatoms. The van der Waals surface area contributed by atoms with Crippen LogP contribution in [0.1, 0.15) is 35.3 Å².